The predicted molar refractivity (Wildman–Crippen MR) is 50.9 cm³/mol. The van der Waals surface area contributed by atoms with Crippen molar-refractivity contribution in [1.82, 2.24) is 5.32 Å². The Bertz CT molecular complexity index is 109. The Morgan fingerprint density at radius 2 is 1.92 bits per heavy atom. The minimum atomic E-state index is -0.742. The van der Waals surface area contributed by atoms with Gasteiger partial charge in [-0.05, 0) is 26.3 Å². The summed E-state index contributed by atoms with van der Waals surface area (Å²) >= 11 is 0. The molecular formula is C9H21FN2. The van der Waals surface area contributed by atoms with Crippen LogP contribution in [-0.2, 0) is 0 Å². The zero-order valence-corrected chi connectivity index (χ0v) is 8.31. The third-order valence-corrected chi connectivity index (χ3v) is 2.18. The number of nitrogens with one attached hydrogen (secondary N) is 1. The molecule has 0 radical (unpaired) electrons. The SMILES string of the molecule is CC.CNC1CCC(N)CC1F. The van der Waals surface area contributed by atoms with Crippen LogP contribution in [0.5, 0.6) is 0 Å². The fourth-order valence-corrected chi connectivity index (χ4v) is 1.47. The molecule has 1 rings (SSSR count). The van der Waals surface area contributed by atoms with Gasteiger partial charge in [0.05, 0.1) is 0 Å². The van der Waals surface area contributed by atoms with Crippen LogP contribution in [0, 0.1) is 0 Å². The van der Waals surface area contributed by atoms with Crippen molar-refractivity contribution >= 4 is 0 Å². The van der Waals surface area contributed by atoms with E-state index in [1.54, 1.807) is 7.05 Å². The first-order valence-corrected chi connectivity index (χ1v) is 4.81. The fraction of sp³-hybridized carbons (Fsp3) is 1.00. The van der Waals surface area contributed by atoms with Gasteiger partial charge in [0.25, 0.3) is 0 Å². The van der Waals surface area contributed by atoms with Crippen LogP contribution in [0.1, 0.15) is 33.1 Å². The summed E-state index contributed by atoms with van der Waals surface area (Å²) in [6, 6.07) is 0.124. The van der Waals surface area contributed by atoms with Gasteiger partial charge in [-0.25, -0.2) is 4.39 Å². The van der Waals surface area contributed by atoms with Gasteiger partial charge in [-0.1, -0.05) is 13.8 Å². The minimum absolute atomic E-state index is 0.0415. The average molecular weight is 176 g/mol. The number of hydrogen-bond donors (Lipinski definition) is 2. The zero-order chi connectivity index (χ0) is 9.56. The highest BCUT2D eigenvalue weighted by Crippen LogP contribution is 2.19. The summed E-state index contributed by atoms with van der Waals surface area (Å²) in [7, 11) is 1.80. The Labute approximate surface area is 74.7 Å². The monoisotopic (exact) mass is 176 g/mol. The highest BCUT2D eigenvalue weighted by atomic mass is 19.1. The molecule has 2 nitrogen and oxygen atoms in total. The average Bonchev–Trinajstić information content (AvgIpc) is 2.08. The molecule has 0 saturated heterocycles. The predicted octanol–water partition coefficient (Wildman–Crippen LogP) is 1.45. The third-order valence-electron chi connectivity index (χ3n) is 2.18. The molecule has 0 spiro atoms. The Balaban J connectivity index is 0.000000561. The quantitative estimate of drug-likeness (QED) is 0.634. The Kier molecular flexibility index (Phi) is 6.30. The molecule has 0 heterocycles. The van der Waals surface area contributed by atoms with Crippen molar-refractivity contribution in [1.29, 1.82) is 0 Å². The summed E-state index contributed by atoms with van der Waals surface area (Å²) in [6.45, 7) is 4.00. The van der Waals surface area contributed by atoms with Gasteiger partial charge in [-0.2, -0.15) is 0 Å². The van der Waals surface area contributed by atoms with Gasteiger partial charge in [0.1, 0.15) is 6.17 Å². The first-order chi connectivity index (χ1) is 5.74. The molecule has 1 saturated carbocycles. The highest BCUT2D eigenvalue weighted by Gasteiger charge is 2.26. The van der Waals surface area contributed by atoms with E-state index in [1.165, 1.54) is 0 Å². The lowest BCUT2D eigenvalue weighted by Crippen LogP contribution is -2.44. The molecule has 1 fully saturated rings. The van der Waals surface area contributed by atoms with Gasteiger partial charge in [-0.3, -0.25) is 0 Å². The second kappa shape index (κ2) is 6.38. The number of rotatable bonds is 1. The number of halogens is 1. The summed E-state index contributed by atoms with van der Waals surface area (Å²) in [5.41, 5.74) is 5.57. The van der Waals surface area contributed by atoms with Crippen LogP contribution in [0.4, 0.5) is 4.39 Å². The molecule has 12 heavy (non-hydrogen) atoms. The van der Waals surface area contributed by atoms with Crippen molar-refractivity contribution in [2.45, 2.75) is 51.4 Å². The summed E-state index contributed by atoms with van der Waals surface area (Å²) in [5.74, 6) is 0. The van der Waals surface area contributed by atoms with Crippen molar-refractivity contribution in [3.05, 3.63) is 0 Å². The summed E-state index contributed by atoms with van der Waals surface area (Å²) in [6.07, 6.45) is 1.60. The molecule has 0 aromatic heterocycles. The van der Waals surface area contributed by atoms with Crippen molar-refractivity contribution < 1.29 is 4.39 Å². The number of nitrogens with two attached hydrogens (primary N) is 1. The Morgan fingerprint density at radius 3 is 2.33 bits per heavy atom. The summed E-state index contributed by atoms with van der Waals surface area (Å²) in [5, 5.41) is 2.94. The maximum atomic E-state index is 13.0. The number of hydrogen-bond acceptors (Lipinski definition) is 2. The van der Waals surface area contributed by atoms with Gasteiger partial charge >= 0.3 is 0 Å². The maximum absolute atomic E-state index is 13.0. The van der Waals surface area contributed by atoms with Crippen LogP contribution >= 0.6 is 0 Å². The molecule has 0 bridgehead atoms. The van der Waals surface area contributed by atoms with Gasteiger partial charge in [0, 0.05) is 12.1 Å². The highest BCUT2D eigenvalue weighted by molar-refractivity contribution is 4.85. The van der Waals surface area contributed by atoms with Gasteiger partial charge in [0.15, 0.2) is 0 Å². The van der Waals surface area contributed by atoms with Crippen molar-refractivity contribution in [3.63, 3.8) is 0 Å². The van der Waals surface area contributed by atoms with Crippen molar-refractivity contribution in [2.75, 3.05) is 7.05 Å². The number of alkyl halides is 1. The third kappa shape index (κ3) is 3.50. The molecular weight excluding hydrogens is 155 g/mol. The van der Waals surface area contributed by atoms with E-state index < -0.39 is 6.17 Å². The van der Waals surface area contributed by atoms with E-state index in [2.05, 4.69) is 5.32 Å². The largest absolute Gasteiger partial charge is 0.328 e. The second-order valence-electron chi connectivity index (χ2n) is 2.98. The van der Waals surface area contributed by atoms with E-state index in [0.29, 0.717) is 6.42 Å². The molecule has 0 aromatic rings. The molecule has 0 amide bonds. The Morgan fingerprint density at radius 1 is 1.33 bits per heavy atom. The van der Waals surface area contributed by atoms with Crippen LogP contribution in [0.15, 0.2) is 0 Å². The molecule has 3 unspecified atom stereocenters. The molecule has 0 aliphatic heterocycles. The van der Waals surface area contributed by atoms with E-state index in [9.17, 15) is 4.39 Å². The first-order valence-electron chi connectivity index (χ1n) is 4.81. The molecule has 0 aromatic carbocycles. The summed E-state index contributed by atoms with van der Waals surface area (Å²) in [4.78, 5) is 0. The lowest BCUT2D eigenvalue weighted by molar-refractivity contribution is 0.181. The van der Waals surface area contributed by atoms with Gasteiger partial charge in [0.2, 0.25) is 0 Å². The first kappa shape index (κ1) is 11.8. The molecule has 74 valence electrons. The summed E-state index contributed by atoms with van der Waals surface area (Å²) < 4.78 is 13.0. The van der Waals surface area contributed by atoms with E-state index in [1.807, 2.05) is 13.8 Å². The van der Waals surface area contributed by atoms with E-state index in [4.69, 9.17) is 5.73 Å². The molecule has 1 aliphatic rings. The maximum Gasteiger partial charge on any atom is 0.117 e. The van der Waals surface area contributed by atoms with Gasteiger partial charge in [-0.15, -0.1) is 0 Å². The normalized spacial score (nSPS) is 35.2. The zero-order valence-electron chi connectivity index (χ0n) is 8.31. The molecule has 3 N–H and O–H groups in total. The van der Waals surface area contributed by atoms with Crippen molar-refractivity contribution in [3.8, 4) is 0 Å². The van der Waals surface area contributed by atoms with Crippen LogP contribution in [0.25, 0.3) is 0 Å². The van der Waals surface area contributed by atoms with Crippen LogP contribution in [0.2, 0.25) is 0 Å². The van der Waals surface area contributed by atoms with Crippen molar-refractivity contribution in [2.24, 2.45) is 5.73 Å². The van der Waals surface area contributed by atoms with Crippen LogP contribution < -0.4 is 11.1 Å². The lowest BCUT2D eigenvalue weighted by atomic mass is 9.90. The smallest absolute Gasteiger partial charge is 0.117 e. The lowest BCUT2D eigenvalue weighted by Gasteiger charge is -2.29. The molecule has 3 atom stereocenters. The molecule has 1 aliphatic carbocycles. The van der Waals surface area contributed by atoms with Gasteiger partial charge < -0.3 is 11.1 Å². The molecule has 3 heteroatoms. The van der Waals surface area contributed by atoms with E-state index in [0.717, 1.165) is 12.8 Å². The minimum Gasteiger partial charge on any atom is -0.328 e. The fourth-order valence-electron chi connectivity index (χ4n) is 1.47. The van der Waals surface area contributed by atoms with E-state index >= 15 is 0 Å². The van der Waals surface area contributed by atoms with Crippen LogP contribution in [-0.4, -0.2) is 25.3 Å². The topological polar surface area (TPSA) is 38.0 Å². The standard InChI is InChI=1S/C7H15FN2.C2H6/c1-10-7-3-2-5(9)4-6(7)8;1-2/h5-7,10H,2-4,9H2,1H3;1-2H3. The second-order valence-corrected chi connectivity index (χ2v) is 2.98. The van der Waals surface area contributed by atoms with Crippen LogP contribution in [0.3, 0.4) is 0 Å². The Hall–Kier alpha value is -0.150. The van der Waals surface area contributed by atoms with E-state index in [-0.39, 0.29) is 12.1 Å².